The zero-order valence-electron chi connectivity index (χ0n) is 9.97. The molecule has 5 heteroatoms. The summed E-state index contributed by atoms with van der Waals surface area (Å²) in [4.78, 5) is 2.44. The van der Waals surface area contributed by atoms with Crippen molar-refractivity contribution in [3.63, 3.8) is 0 Å². The minimum Gasteiger partial charge on any atom is -0.329 e. The molecule has 1 heterocycles. The summed E-state index contributed by atoms with van der Waals surface area (Å²) < 4.78 is 1.82. The van der Waals surface area contributed by atoms with Gasteiger partial charge in [0.1, 0.15) is 0 Å². The standard InChI is InChI=1S/C11H21N5/c1-2-15(7-10-3-4-10)8-11-9-16(6-5-12)14-13-11/h9-10H,2-8,12H2,1H3. The first-order valence-electron chi connectivity index (χ1n) is 6.13. The van der Waals surface area contributed by atoms with Crippen molar-refractivity contribution >= 4 is 0 Å². The Kier molecular flexibility index (Phi) is 3.90. The van der Waals surface area contributed by atoms with Gasteiger partial charge in [-0.3, -0.25) is 9.58 Å². The lowest BCUT2D eigenvalue weighted by Gasteiger charge is -2.18. The summed E-state index contributed by atoms with van der Waals surface area (Å²) >= 11 is 0. The molecule has 1 aliphatic rings. The van der Waals surface area contributed by atoms with E-state index >= 15 is 0 Å². The second-order valence-electron chi connectivity index (χ2n) is 4.53. The van der Waals surface area contributed by atoms with Gasteiger partial charge in [0.25, 0.3) is 0 Å². The van der Waals surface area contributed by atoms with Crippen LogP contribution in [-0.2, 0) is 13.1 Å². The Labute approximate surface area is 96.6 Å². The van der Waals surface area contributed by atoms with Crippen LogP contribution in [-0.4, -0.2) is 39.5 Å². The monoisotopic (exact) mass is 223 g/mol. The van der Waals surface area contributed by atoms with Crippen LogP contribution < -0.4 is 5.73 Å². The highest BCUT2D eigenvalue weighted by atomic mass is 15.4. The van der Waals surface area contributed by atoms with E-state index in [1.165, 1.54) is 19.4 Å². The summed E-state index contributed by atoms with van der Waals surface area (Å²) in [5.41, 5.74) is 6.52. The summed E-state index contributed by atoms with van der Waals surface area (Å²) in [5, 5.41) is 8.21. The molecule has 16 heavy (non-hydrogen) atoms. The fourth-order valence-electron chi connectivity index (χ4n) is 1.85. The van der Waals surface area contributed by atoms with Gasteiger partial charge < -0.3 is 5.73 Å². The third kappa shape index (κ3) is 3.28. The Balaban J connectivity index is 1.84. The van der Waals surface area contributed by atoms with Gasteiger partial charge >= 0.3 is 0 Å². The zero-order chi connectivity index (χ0) is 11.4. The molecular formula is C11H21N5. The maximum atomic E-state index is 5.47. The van der Waals surface area contributed by atoms with Crippen molar-refractivity contribution in [3.8, 4) is 0 Å². The number of aromatic nitrogens is 3. The molecule has 0 radical (unpaired) electrons. The fraction of sp³-hybridized carbons (Fsp3) is 0.818. The smallest absolute Gasteiger partial charge is 0.0967 e. The molecule has 0 saturated heterocycles. The van der Waals surface area contributed by atoms with Crippen LogP contribution in [0.5, 0.6) is 0 Å². The Bertz CT molecular complexity index is 318. The largest absolute Gasteiger partial charge is 0.329 e. The lowest BCUT2D eigenvalue weighted by Crippen LogP contribution is -2.25. The maximum Gasteiger partial charge on any atom is 0.0967 e. The first-order valence-corrected chi connectivity index (χ1v) is 6.13. The van der Waals surface area contributed by atoms with Gasteiger partial charge in [-0.25, -0.2) is 0 Å². The molecule has 2 N–H and O–H groups in total. The van der Waals surface area contributed by atoms with Crippen LogP contribution in [0.2, 0.25) is 0 Å². The van der Waals surface area contributed by atoms with Gasteiger partial charge in [-0.15, -0.1) is 5.10 Å². The van der Waals surface area contributed by atoms with Crippen molar-refractivity contribution in [1.82, 2.24) is 19.9 Å². The number of hydrogen-bond acceptors (Lipinski definition) is 4. The molecule has 1 aromatic heterocycles. The van der Waals surface area contributed by atoms with Gasteiger partial charge in [0.15, 0.2) is 0 Å². The number of nitrogens with zero attached hydrogens (tertiary/aromatic N) is 4. The summed E-state index contributed by atoms with van der Waals surface area (Å²) in [6.07, 6.45) is 4.80. The highest BCUT2D eigenvalue weighted by Gasteiger charge is 2.23. The predicted octanol–water partition coefficient (Wildman–Crippen LogP) is 0.469. The Morgan fingerprint density at radius 1 is 1.56 bits per heavy atom. The second kappa shape index (κ2) is 5.41. The van der Waals surface area contributed by atoms with E-state index in [1.54, 1.807) is 0 Å². The number of nitrogens with two attached hydrogens (primary N) is 1. The van der Waals surface area contributed by atoms with Crippen LogP contribution in [0.25, 0.3) is 0 Å². The molecule has 1 fully saturated rings. The van der Waals surface area contributed by atoms with Gasteiger partial charge in [0, 0.05) is 25.8 Å². The average Bonchev–Trinajstić information content (AvgIpc) is 2.99. The van der Waals surface area contributed by atoms with Crippen molar-refractivity contribution < 1.29 is 0 Å². The molecule has 1 saturated carbocycles. The van der Waals surface area contributed by atoms with E-state index in [9.17, 15) is 0 Å². The predicted molar refractivity (Wildman–Crippen MR) is 62.8 cm³/mol. The summed E-state index contributed by atoms with van der Waals surface area (Å²) in [7, 11) is 0. The molecule has 90 valence electrons. The van der Waals surface area contributed by atoms with Gasteiger partial charge in [-0.1, -0.05) is 12.1 Å². The van der Waals surface area contributed by atoms with E-state index < -0.39 is 0 Å². The van der Waals surface area contributed by atoms with E-state index in [-0.39, 0.29) is 0 Å². The topological polar surface area (TPSA) is 60.0 Å². The summed E-state index contributed by atoms with van der Waals surface area (Å²) in [5.74, 6) is 0.930. The highest BCUT2D eigenvalue weighted by Crippen LogP contribution is 2.29. The molecular weight excluding hydrogens is 202 g/mol. The molecule has 0 atom stereocenters. The molecule has 0 bridgehead atoms. The van der Waals surface area contributed by atoms with Gasteiger partial charge in [0.2, 0.25) is 0 Å². The molecule has 0 spiro atoms. The van der Waals surface area contributed by atoms with Crippen molar-refractivity contribution in [2.24, 2.45) is 11.7 Å². The van der Waals surface area contributed by atoms with Crippen LogP contribution >= 0.6 is 0 Å². The third-order valence-electron chi connectivity index (χ3n) is 2.99. The first-order chi connectivity index (χ1) is 7.81. The van der Waals surface area contributed by atoms with Gasteiger partial charge in [-0.05, 0) is 25.3 Å². The van der Waals surface area contributed by atoms with Gasteiger partial charge in [-0.2, -0.15) is 0 Å². The molecule has 0 amide bonds. The van der Waals surface area contributed by atoms with Crippen LogP contribution in [0.1, 0.15) is 25.5 Å². The SMILES string of the molecule is CCN(Cc1cn(CCN)nn1)CC1CC1. The van der Waals surface area contributed by atoms with Crippen molar-refractivity contribution in [2.45, 2.75) is 32.9 Å². The lowest BCUT2D eigenvalue weighted by atomic mass is 10.3. The zero-order valence-corrected chi connectivity index (χ0v) is 9.97. The van der Waals surface area contributed by atoms with Crippen LogP contribution in [0.15, 0.2) is 6.20 Å². The van der Waals surface area contributed by atoms with E-state index in [1.807, 2.05) is 10.9 Å². The summed E-state index contributed by atoms with van der Waals surface area (Å²) in [6.45, 7) is 6.77. The third-order valence-corrected chi connectivity index (χ3v) is 2.99. The van der Waals surface area contributed by atoms with Crippen LogP contribution in [0.4, 0.5) is 0 Å². The van der Waals surface area contributed by atoms with Crippen LogP contribution in [0, 0.1) is 5.92 Å². The van der Waals surface area contributed by atoms with Crippen molar-refractivity contribution in [1.29, 1.82) is 0 Å². The van der Waals surface area contributed by atoms with Crippen molar-refractivity contribution in [2.75, 3.05) is 19.6 Å². The average molecular weight is 223 g/mol. The molecule has 0 unspecified atom stereocenters. The van der Waals surface area contributed by atoms with Crippen molar-refractivity contribution in [3.05, 3.63) is 11.9 Å². The second-order valence-corrected chi connectivity index (χ2v) is 4.53. The molecule has 0 aromatic carbocycles. The quantitative estimate of drug-likeness (QED) is 0.730. The fourth-order valence-corrected chi connectivity index (χ4v) is 1.85. The minimum atomic E-state index is 0.613. The van der Waals surface area contributed by atoms with E-state index in [0.717, 1.165) is 31.2 Å². The molecule has 1 aliphatic carbocycles. The van der Waals surface area contributed by atoms with E-state index in [4.69, 9.17) is 5.73 Å². The lowest BCUT2D eigenvalue weighted by molar-refractivity contribution is 0.265. The number of hydrogen-bond donors (Lipinski definition) is 1. The minimum absolute atomic E-state index is 0.613. The maximum absolute atomic E-state index is 5.47. The molecule has 0 aliphatic heterocycles. The van der Waals surface area contributed by atoms with E-state index in [0.29, 0.717) is 6.54 Å². The molecule has 5 nitrogen and oxygen atoms in total. The normalized spacial score (nSPS) is 15.9. The molecule has 2 rings (SSSR count). The Hall–Kier alpha value is -0.940. The Morgan fingerprint density at radius 3 is 3.00 bits per heavy atom. The Morgan fingerprint density at radius 2 is 2.38 bits per heavy atom. The van der Waals surface area contributed by atoms with Crippen LogP contribution in [0.3, 0.4) is 0 Å². The van der Waals surface area contributed by atoms with Gasteiger partial charge in [0.05, 0.1) is 12.2 Å². The molecule has 1 aromatic rings. The first kappa shape index (κ1) is 11.5. The van der Waals surface area contributed by atoms with E-state index in [2.05, 4.69) is 22.1 Å². The highest BCUT2D eigenvalue weighted by molar-refractivity contribution is 4.93. The number of rotatable bonds is 7. The summed E-state index contributed by atoms with van der Waals surface area (Å²) in [6, 6.07) is 0.